The van der Waals surface area contributed by atoms with Crippen molar-refractivity contribution in [3.05, 3.63) is 70.0 Å². The maximum atomic E-state index is 13.5. The number of nitrogens with one attached hydrogen (secondary N) is 1. The first-order valence-corrected chi connectivity index (χ1v) is 7.14. The predicted octanol–water partition coefficient (Wildman–Crippen LogP) is 4.29. The van der Waals surface area contributed by atoms with Crippen molar-refractivity contribution >= 4 is 0 Å². The van der Waals surface area contributed by atoms with Gasteiger partial charge in [-0.05, 0) is 48.1 Å². The molecule has 0 fully saturated rings. The van der Waals surface area contributed by atoms with Gasteiger partial charge in [0, 0.05) is 13.1 Å². The number of rotatable bonds is 5. The lowest BCUT2D eigenvalue weighted by Gasteiger charge is -2.09. The summed E-state index contributed by atoms with van der Waals surface area (Å²) in [5.41, 5.74) is 5.20. The van der Waals surface area contributed by atoms with Gasteiger partial charge in [0.15, 0.2) is 0 Å². The first-order chi connectivity index (χ1) is 9.60. The Balaban J connectivity index is 1.92. The lowest BCUT2D eigenvalue weighted by atomic mass is 10.1. The van der Waals surface area contributed by atoms with E-state index in [1.165, 1.54) is 11.1 Å². The van der Waals surface area contributed by atoms with Crippen molar-refractivity contribution in [1.82, 2.24) is 5.32 Å². The van der Waals surface area contributed by atoms with Gasteiger partial charge in [-0.3, -0.25) is 0 Å². The van der Waals surface area contributed by atoms with E-state index in [0.717, 1.165) is 25.1 Å². The summed E-state index contributed by atoms with van der Waals surface area (Å²) < 4.78 is 13.5. The molecule has 0 aliphatic carbocycles. The van der Waals surface area contributed by atoms with Gasteiger partial charge in [-0.2, -0.15) is 0 Å². The molecule has 1 nitrogen and oxygen atoms in total. The zero-order chi connectivity index (χ0) is 14.5. The fraction of sp³-hybridized carbons (Fsp3) is 0.333. The van der Waals surface area contributed by atoms with Gasteiger partial charge < -0.3 is 5.32 Å². The van der Waals surface area contributed by atoms with E-state index >= 15 is 0 Å². The van der Waals surface area contributed by atoms with E-state index in [1.54, 1.807) is 0 Å². The normalized spacial score (nSPS) is 10.8. The minimum Gasteiger partial charge on any atom is -0.309 e. The van der Waals surface area contributed by atoms with E-state index in [4.69, 9.17) is 0 Å². The van der Waals surface area contributed by atoms with Gasteiger partial charge >= 0.3 is 0 Å². The highest BCUT2D eigenvalue weighted by Gasteiger charge is 2.04. The minimum atomic E-state index is -0.0936. The Kier molecular flexibility index (Phi) is 4.91. The van der Waals surface area contributed by atoms with Gasteiger partial charge in [0.2, 0.25) is 0 Å². The Morgan fingerprint density at radius 2 is 1.35 bits per heavy atom. The third-order valence-corrected chi connectivity index (χ3v) is 3.59. The van der Waals surface area contributed by atoms with Crippen LogP contribution < -0.4 is 5.32 Å². The van der Waals surface area contributed by atoms with Gasteiger partial charge in [-0.1, -0.05) is 43.3 Å². The van der Waals surface area contributed by atoms with E-state index in [2.05, 4.69) is 36.5 Å². The molecule has 2 aromatic carbocycles. The molecule has 2 rings (SSSR count). The van der Waals surface area contributed by atoms with Crippen LogP contribution in [0.25, 0.3) is 0 Å². The van der Waals surface area contributed by atoms with Crippen molar-refractivity contribution in [3.63, 3.8) is 0 Å². The average molecular weight is 271 g/mol. The fourth-order valence-corrected chi connectivity index (χ4v) is 2.38. The average Bonchev–Trinajstić information content (AvgIpc) is 2.45. The highest BCUT2D eigenvalue weighted by Crippen LogP contribution is 2.14. The lowest BCUT2D eigenvalue weighted by molar-refractivity contribution is 0.606. The molecule has 0 radical (unpaired) electrons. The standard InChI is InChI=1S/C18H22FN/c1-4-15-5-7-16(8-6-15)11-20-12-17-9-13(2)18(19)14(3)10-17/h5-10,20H,4,11-12H2,1-3H3. The van der Waals surface area contributed by atoms with Crippen LogP contribution in [-0.4, -0.2) is 0 Å². The predicted molar refractivity (Wildman–Crippen MR) is 82.2 cm³/mol. The molecule has 0 atom stereocenters. The molecule has 1 N–H and O–H groups in total. The molecule has 0 aliphatic heterocycles. The van der Waals surface area contributed by atoms with Crippen LogP contribution in [-0.2, 0) is 19.5 Å². The summed E-state index contributed by atoms with van der Waals surface area (Å²) in [5, 5.41) is 3.41. The molecule has 0 spiro atoms. The number of hydrogen-bond acceptors (Lipinski definition) is 1. The second-order valence-electron chi connectivity index (χ2n) is 5.32. The van der Waals surface area contributed by atoms with Gasteiger partial charge in [-0.15, -0.1) is 0 Å². The van der Waals surface area contributed by atoms with Crippen LogP contribution in [0.1, 0.15) is 34.7 Å². The smallest absolute Gasteiger partial charge is 0.129 e. The second-order valence-corrected chi connectivity index (χ2v) is 5.32. The van der Waals surface area contributed by atoms with E-state index in [9.17, 15) is 4.39 Å². The highest BCUT2D eigenvalue weighted by molar-refractivity contribution is 5.30. The Morgan fingerprint density at radius 3 is 1.90 bits per heavy atom. The van der Waals surface area contributed by atoms with Crippen LogP contribution in [0.3, 0.4) is 0 Å². The summed E-state index contributed by atoms with van der Waals surface area (Å²) >= 11 is 0. The van der Waals surface area contributed by atoms with Crippen LogP contribution in [0, 0.1) is 19.7 Å². The number of benzene rings is 2. The van der Waals surface area contributed by atoms with E-state index in [1.807, 2.05) is 26.0 Å². The number of halogens is 1. The van der Waals surface area contributed by atoms with Gasteiger partial charge in [-0.25, -0.2) is 4.39 Å². The Hall–Kier alpha value is -1.67. The summed E-state index contributed by atoms with van der Waals surface area (Å²) in [7, 11) is 0. The summed E-state index contributed by atoms with van der Waals surface area (Å²) in [4.78, 5) is 0. The number of aryl methyl sites for hydroxylation is 3. The molecule has 2 heteroatoms. The molecular weight excluding hydrogens is 249 g/mol. The van der Waals surface area contributed by atoms with Crippen molar-refractivity contribution in [1.29, 1.82) is 0 Å². The highest BCUT2D eigenvalue weighted by atomic mass is 19.1. The summed E-state index contributed by atoms with van der Waals surface area (Å²) in [5.74, 6) is -0.0936. The van der Waals surface area contributed by atoms with Crippen LogP contribution >= 0.6 is 0 Å². The quantitative estimate of drug-likeness (QED) is 0.855. The molecule has 0 unspecified atom stereocenters. The SMILES string of the molecule is CCc1ccc(CNCc2cc(C)c(F)c(C)c2)cc1. The molecule has 0 aliphatic rings. The van der Waals surface area contributed by atoms with Gasteiger partial charge in [0.25, 0.3) is 0 Å². The van der Waals surface area contributed by atoms with E-state index < -0.39 is 0 Å². The van der Waals surface area contributed by atoms with Crippen LogP contribution in [0.5, 0.6) is 0 Å². The molecule has 0 saturated heterocycles. The fourth-order valence-electron chi connectivity index (χ4n) is 2.38. The molecule has 0 bridgehead atoms. The van der Waals surface area contributed by atoms with Crippen molar-refractivity contribution < 1.29 is 4.39 Å². The number of hydrogen-bond donors (Lipinski definition) is 1. The molecule has 0 heterocycles. The first-order valence-electron chi connectivity index (χ1n) is 7.14. The summed E-state index contributed by atoms with van der Waals surface area (Å²) in [6, 6.07) is 12.5. The van der Waals surface area contributed by atoms with Gasteiger partial charge in [0.1, 0.15) is 5.82 Å². The van der Waals surface area contributed by atoms with E-state index in [0.29, 0.717) is 11.1 Å². The largest absolute Gasteiger partial charge is 0.309 e. The van der Waals surface area contributed by atoms with Crippen LogP contribution in [0.4, 0.5) is 4.39 Å². The van der Waals surface area contributed by atoms with Crippen molar-refractivity contribution in [3.8, 4) is 0 Å². The third-order valence-electron chi connectivity index (χ3n) is 3.59. The maximum absolute atomic E-state index is 13.5. The third kappa shape index (κ3) is 3.67. The monoisotopic (exact) mass is 271 g/mol. The summed E-state index contributed by atoms with van der Waals surface area (Å²) in [6.45, 7) is 7.38. The van der Waals surface area contributed by atoms with Crippen molar-refractivity contribution in [2.75, 3.05) is 0 Å². The zero-order valence-corrected chi connectivity index (χ0v) is 12.5. The van der Waals surface area contributed by atoms with Crippen LogP contribution in [0.2, 0.25) is 0 Å². The molecular formula is C18H22FN. The second kappa shape index (κ2) is 6.67. The zero-order valence-electron chi connectivity index (χ0n) is 12.5. The van der Waals surface area contributed by atoms with Gasteiger partial charge in [0.05, 0.1) is 0 Å². The lowest BCUT2D eigenvalue weighted by Crippen LogP contribution is -2.13. The molecule has 20 heavy (non-hydrogen) atoms. The first kappa shape index (κ1) is 14.7. The summed E-state index contributed by atoms with van der Waals surface area (Å²) in [6.07, 6.45) is 1.07. The molecule has 0 aromatic heterocycles. The van der Waals surface area contributed by atoms with E-state index in [-0.39, 0.29) is 5.82 Å². The molecule has 106 valence electrons. The van der Waals surface area contributed by atoms with Crippen molar-refractivity contribution in [2.45, 2.75) is 40.3 Å². The van der Waals surface area contributed by atoms with Crippen molar-refractivity contribution in [2.24, 2.45) is 0 Å². The van der Waals surface area contributed by atoms with Crippen LogP contribution in [0.15, 0.2) is 36.4 Å². The molecule has 0 amide bonds. The topological polar surface area (TPSA) is 12.0 Å². The Morgan fingerprint density at radius 1 is 0.850 bits per heavy atom. The maximum Gasteiger partial charge on any atom is 0.129 e. The Labute approximate surface area is 120 Å². The molecule has 2 aromatic rings. The Bertz CT molecular complexity index is 549. The minimum absolute atomic E-state index is 0.0936. The molecule has 0 saturated carbocycles.